The number of aromatic amines is 1. The summed E-state index contributed by atoms with van der Waals surface area (Å²) in [6, 6.07) is 5.10. The fraction of sp³-hybridized carbons (Fsp3) is 0.400. The summed E-state index contributed by atoms with van der Waals surface area (Å²) in [6.07, 6.45) is 4.28. The van der Waals surface area contributed by atoms with Crippen LogP contribution in [0.3, 0.4) is 0 Å². The molecule has 0 aliphatic heterocycles. The highest BCUT2D eigenvalue weighted by Gasteiger charge is 2.13. The molecule has 0 aliphatic rings. The van der Waals surface area contributed by atoms with Crippen molar-refractivity contribution in [1.29, 1.82) is 0 Å². The van der Waals surface area contributed by atoms with Crippen LogP contribution in [0, 0.1) is 0 Å². The number of hydrogen-bond acceptors (Lipinski definition) is 4. The molecule has 5 nitrogen and oxygen atoms in total. The van der Waals surface area contributed by atoms with E-state index in [1.807, 2.05) is 0 Å². The van der Waals surface area contributed by atoms with Gasteiger partial charge in [0.15, 0.2) is 5.75 Å². The minimum atomic E-state index is -0.563. The molecule has 2 aromatic rings. The Morgan fingerprint density at radius 1 is 1.30 bits per heavy atom. The quantitative estimate of drug-likeness (QED) is 0.559. The summed E-state index contributed by atoms with van der Waals surface area (Å²) in [4.78, 5) is 14.3. The van der Waals surface area contributed by atoms with Crippen LogP contribution in [-0.4, -0.2) is 16.7 Å². The molecule has 0 atom stereocenters. The van der Waals surface area contributed by atoms with E-state index in [4.69, 9.17) is 10.5 Å². The number of nitrogens with one attached hydrogen (secondary N) is 1. The molecule has 0 spiro atoms. The first-order valence-corrected chi connectivity index (χ1v) is 6.90. The van der Waals surface area contributed by atoms with E-state index >= 15 is 0 Å². The molecule has 1 heterocycles. The smallest absolute Gasteiger partial charge is 0.294 e. The van der Waals surface area contributed by atoms with E-state index in [-0.39, 0.29) is 11.5 Å². The van der Waals surface area contributed by atoms with Gasteiger partial charge in [-0.2, -0.15) is 0 Å². The summed E-state index contributed by atoms with van der Waals surface area (Å²) in [5, 5.41) is 10.5. The largest absolute Gasteiger partial charge is 0.500 e. The first-order chi connectivity index (χ1) is 9.63. The molecule has 0 fully saturated rings. The summed E-state index contributed by atoms with van der Waals surface area (Å²) in [5.41, 5.74) is 6.24. The van der Waals surface area contributed by atoms with E-state index in [0.717, 1.165) is 25.7 Å². The lowest BCUT2D eigenvalue weighted by molar-refractivity contribution is 0.291. The number of benzene rings is 1. The van der Waals surface area contributed by atoms with Crippen LogP contribution in [0.2, 0.25) is 0 Å². The zero-order valence-electron chi connectivity index (χ0n) is 11.6. The number of rotatable bonds is 6. The Balaban J connectivity index is 2.26. The van der Waals surface area contributed by atoms with Gasteiger partial charge in [0, 0.05) is 11.1 Å². The summed E-state index contributed by atoms with van der Waals surface area (Å²) in [6.45, 7) is 2.62. The van der Waals surface area contributed by atoms with Crippen molar-refractivity contribution < 1.29 is 9.84 Å². The van der Waals surface area contributed by atoms with Crippen LogP contribution in [0.5, 0.6) is 11.5 Å². The minimum Gasteiger partial charge on any atom is -0.500 e. The van der Waals surface area contributed by atoms with E-state index in [9.17, 15) is 9.90 Å². The summed E-state index contributed by atoms with van der Waals surface area (Å²) >= 11 is 0. The van der Waals surface area contributed by atoms with Crippen LogP contribution in [0.15, 0.2) is 23.0 Å². The monoisotopic (exact) mass is 276 g/mol. The van der Waals surface area contributed by atoms with Gasteiger partial charge < -0.3 is 20.6 Å². The predicted molar refractivity (Wildman–Crippen MR) is 80.3 cm³/mol. The Morgan fingerprint density at radius 3 is 2.85 bits per heavy atom. The first kappa shape index (κ1) is 14.2. The van der Waals surface area contributed by atoms with Crippen LogP contribution in [0.4, 0.5) is 5.69 Å². The fourth-order valence-electron chi connectivity index (χ4n) is 2.12. The lowest BCUT2D eigenvalue weighted by Gasteiger charge is -2.11. The topological polar surface area (TPSA) is 88.3 Å². The molecule has 108 valence electrons. The molecule has 0 bridgehead atoms. The Bertz CT molecular complexity index is 649. The average Bonchev–Trinajstić information content (AvgIpc) is 2.42. The summed E-state index contributed by atoms with van der Waals surface area (Å²) in [7, 11) is 0. The van der Waals surface area contributed by atoms with E-state index in [1.54, 1.807) is 18.2 Å². The molecule has 1 aromatic carbocycles. The van der Waals surface area contributed by atoms with Gasteiger partial charge in [-0.15, -0.1) is 0 Å². The average molecular weight is 276 g/mol. The first-order valence-electron chi connectivity index (χ1n) is 6.90. The number of anilines is 1. The van der Waals surface area contributed by atoms with Crippen LogP contribution in [-0.2, 0) is 0 Å². The fourth-order valence-corrected chi connectivity index (χ4v) is 2.12. The van der Waals surface area contributed by atoms with Crippen LogP contribution < -0.4 is 16.0 Å². The van der Waals surface area contributed by atoms with Crippen molar-refractivity contribution in [3.8, 4) is 11.5 Å². The second-order valence-corrected chi connectivity index (χ2v) is 4.85. The zero-order chi connectivity index (χ0) is 14.5. The Kier molecular flexibility index (Phi) is 4.50. The van der Waals surface area contributed by atoms with Crippen molar-refractivity contribution in [3.63, 3.8) is 0 Å². The molecular weight excluding hydrogens is 256 g/mol. The number of aromatic nitrogens is 1. The molecule has 0 saturated heterocycles. The maximum atomic E-state index is 11.7. The summed E-state index contributed by atoms with van der Waals surface area (Å²) in [5.74, 6) is -0.141. The van der Waals surface area contributed by atoms with E-state index in [0.29, 0.717) is 23.2 Å². The van der Waals surface area contributed by atoms with Crippen LogP contribution in [0.25, 0.3) is 10.9 Å². The number of nitrogens with two attached hydrogens (primary N) is 1. The van der Waals surface area contributed by atoms with E-state index in [1.165, 1.54) is 0 Å². The van der Waals surface area contributed by atoms with Gasteiger partial charge in [-0.05, 0) is 24.6 Å². The van der Waals surface area contributed by atoms with Gasteiger partial charge in [0.2, 0.25) is 5.75 Å². The number of fused-ring (bicyclic) bond motifs is 1. The molecule has 0 saturated carbocycles. The highest BCUT2D eigenvalue weighted by Crippen LogP contribution is 2.31. The minimum absolute atomic E-state index is 0.236. The Labute approximate surface area is 117 Å². The third kappa shape index (κ3) is 3.04. The van der Waals surface area contributed by atoms with Gasteiger partial charge in [-0.1, -0.05) is 26.2 Å². The normalized spacial score (nSPS) is 10.8. The summed E-state index contributed by atoms with van der Waals surface area (Å²) < 4.78 is 5.61. The van der Waals surface area contributed by atoms with Crippen molar-refractivity contribution in [3.05, 3.63) is 28.6 Å². The van der Waals surface area contributed by atoms with E-state index < -0.39 is 5.56 Å². The Hall–Kier alpha value is -2.17. The van der Waals surface area contributed by atoms with Gasteiger partial charge in [0.05, 0.1) is 12.1 Å². The predicted octanol–water partition coefficient (Wildman–Crippen LogP) is 2.77. The zero-order valence-corrected chi connectivity index (χ0v) is 11.6. The molecule has 20 heavy (non-hydrogen) atoms. The maximum absolute atomic E-state index is 11.7. The molecule has 0 aliphatic carbocycles. The highest BCUT2D eigenvalue weighted by molar-refractivity contribution is 5.89. The van der Waals surface area contributed by atoms with Crippen molar-refractivity contribution in [2.75, 3.05) is 12.3 Å². The van der Waals surface area contributed by atoms with Crippen LogP contribution in [0.1, 0.15) is 32.6 Å². The third-order valence-electron chi connectivity index (χ3n) is 3.21. The number of aromatic hydroxyl groups is 1. The molecule has 0 radical (unpaired) electrons. The molecule has 0 amide bonds. The number of unbranched alkanes of at least 4 members (excludes halogenated alkanes) is 3. The van der Waals surface area contributed by atoms with Gasteiger partial charge in [-0.3, -0.25) is 4.79 Å². The molecule has 5 heteroatoms. The molecule has 1 aromatic heterocycles. The molecular formula is C15H20N2O3. The highest BCUT2D eigenvalue weighted by atomic mass is 16.5. The van der Waals surface area contributed by atoms with Crippen molar-refractivity contribution in [1.82, 2.24) is 4.98 Å². The number of pyridine rings is 1. The lowest BCUT2D eigenvalue weighted by atomic mass is 10.1. The van der Waals surface area contributed by atoms with Crippen LogP contribution >= 0.6 is 0 Å². The van der Waals surface area contributed by atoms with Crippen molar-refractivity contribution >= 4 is 16.6 Å². The number of hydrogen-bond donors (Lipinski definition) is 3. The second kappa shape index (κ2) is 6.32. The van der Waals surface area contributed by atoms with Crippen molar-refractivity contribution in [2.24, 2.45) is 0 Å². The molecule has 4 N–H and O–H groups in total. The van der Waals surface area contributed by atoms with Crippen molar-refractivity contribution in [2.45, 2.75) is 32.6 Å². The Morgan fingerprint density at radius 2 is 2.10 bits per heavy atom. The third-order valence-corrected chi connectivity index (χ3v) is 3.21. The lowest BCUT2D eigenvalue weighted by Crippen LogP contribution is -2.09. The van der Waals surface area contributed by atoms with Gasteiger partial charge >= 0.3 is 0 Å². The van der Waals surface area contributed by atoms with Gasteiger partial charge in [-0.25, -0.2) is 0 Å². The SMILES string of the molecule is CCCCCCOc1c(O)c(=O)[nH]c2cc(N)ccc12. The number of H-pyrrole nitrogens is 1. The van der Waals surface area contributed by atoms with Gasteiger partial charge in [0.1, 0.15) is 0 Å². The molecule has 0 unspecified atom stereocenters. The number of nitrogen functional groups attached to an aromatic ring is 1. The number of ether oxygens (including phenoxy) is 1. The van der Waals surface area contributed by atoms with Gasteiger partial charge in [0.25, 0.3) is 5.56 Å². The maximum Gasteiger partial charge on any atom is 0.294 e. The molecule has 2 rings (SSSR count). The second-order valence-electron chi connectivity index (χ2n) is 4.85. The standard InChI is InChI=1S/C15H20N2O3/c1-2-3-4-5-8-20-14-11-7-6-10(16)9-12(11)17-15(19)13(14)18/h6-7,9,18H,2-5,8,16H2,1H3,(H,17,19). The van der Waals surface area contributed by atoms with E-state index in [2.05, 4.69) is 11.9 Å².